The molecule has 98 valence electrons. The van der Waals surface area contributed by atoms with Crippen molar-refractivity contribution in [2.24, 2.45) is 0 Å². The largest absolute Gasteiger partial charge is 0.548 e. The van der Waals surface area contributed by atoms with E-state index in [1.807, 2.05) is 0 Å². The second kappa shape index (κ2) is 5.75. The molecule has 0 spiro atoms. The average Bonchev–Trinajstić information content (AvgIpc) is 2.26. The maximum absolute atomic E-state index is 11.8. The Labute approximate surface area is 105 Å². The van der Waals surface area contributed by atoms with Crippen molar-refractivity contribution < 1.29 is 24.5 Å². The van der Waals surface area contributed by atoms with E-state index < -0.39 is 24.0 Å². The summed E-state index contributed by atoms with van der Waals surface area (Å²) in [5, 5.41) is 19.8. The van der Waals surface area contributed by atoms with E-state index in [2.05, 4.69) is 0 Å². The smallest absolute Gasteiger partial charge is 0.193 e. The zero-order valence-electron chi connectivity index (χ0n) is 10.3. The summed E-state index contributed by atoms with van der Waals surface area (Å²) in [6.07, 6.45) is 0. The summed E-state index contributed by atoms with van der Waals surface area (Å²) in [6, 6.07) is 6.51. The van der Waals surface area contributed by atoms with Gasteiger partial charge in [-0.1, -0.05) is 18.2 Å². The molecule has 18 heavy (non-hydrogen) atoms. The van der Waals surface area contributed by atoms with E-state index >= 15 is 0 Å². The Kier molecular flexibility index (Phi) is 4.58. The van der Waals surface area contributed by atoms with Gasteiger partial charge in [0.1, 0.15) is 5.60 Å². The molecule has 1 rings (SSSR count). The highest BCUT2D eigenvalue weighted by Gasteiger charge is 2.25. The maximum atomic E-state index is 11.8. The van der Waals surface area contributed by atoms with Crippen molar-refractivity contribution in [2.75, 3.05) is 6.61 Å². The van der Waals surface area contributed by atoms with Gasteiger partial charge in [-0.3, -0.25) is 4.79 Å². The predicted octanol–water partition coefficient (Wildman–Crippen LogP) is -0.0933. The lowest BCUT2D eigenvalue weighted by Crippen LogP contribution is -2.31. The van der Waals surface area contributed by atoms with Crippen LogP contribution in [-0.4, -0.2) is 29.1 Å². The number of carboxylic acids is 1. The number of hydrogen-bond acceptors (Lipinski definition) is 5. The number of ketones is 1. The lowest BCUT2D eigenvalue weighted by atomic mass is 9.96. The number of aliphatic carboxylic acids is 1. The van der Waals surface area contributed by atoms with Crippen molar-refractivity contribution in [1.29, 1.82) is 0 Å². The second-order valence-corrected chi connectivity index (χ2v) is 4.45. The fourth-order valence-corrected chi connectivity index (χ4v) is 1.41. The van der Waals surface area contributed by atoms with Crippen LogP contribution in [0.5, 0.6) is 0 Å². The zero-order valence-corrected chi connectivity index (χ0v) is 10.3. The van der Waals surface area contributed by atoms with Gasteiger partial charge in [-0.2, -0.15) is 0 Å². The van der Waals surface area contributed by atoms with Crippen LogP contribution in [-0.2, 0) is 16.1 Å². The van der Waals surface area contributed by atoms with E-state index in [-0.39, 0.29) is 6.61 Å². The zero-order chi connectivity index (χ0) is 13.8. The van der Waals surface area contributed by atoms with Crippen LogP contribution in [0.3, 0.4) is 0 Å². The lowest BCUT2D eigenvalue weighted by molar-refractivity contribution is -0.309. The summed E-state index contributed by atoms with van der Waals surface area (Å²) >= 11 is 0. The summed E-state index contributed by atoms with van der Waals surface area (Å²) in [4.78, 5) is 22.0. The van der Waals surface area contributed by atoms with Gasteiger partial charge in [0, 0.05) is 5.56 Å². The molecule has 0 aliphatic carbocycles. The molecule has 1 N–H and O–H groups in total. The van der Waals surface area contributed by atoms with Crippen LogP contribution < -0.4 is 5.11 Å². The van der Waals surface area contributed by atoms with Gasteiger partial charge in [-0.05, 0) is 25.5 Å². The Bertz CT molecular complexity index is 445. The van der Waals surface area contributed by atoms with Gasteiger partial charge in [0.05, 0.1) is 19.2 Å². The summed E-state index contributed by atoms with van der Waals surface area (Å²) in [6.45, 7) is 2.40. The second-order valence-electron chi connectivity index (χ2n) is 4.45. The molecule has 0 fully saturated rings. The molecule has 0 heterocycles. The molecule has 0 saturated carbocycles. The van der Waals surface area contributed by atoms with Crippen molar-refractivity contribution in [3.8, 4) is 0 Å². The molecule has 0 aromatic heterocycles. The molecule has 0 saturated heterocycles. The summed E-state index contributed by atoms with van der Waals surface area (Å²) < 4.78 is 4.87. The van der Waals surface area contributed by atoms with Crippen LogP contribution in [0, 0.1) is 0 Å². The van der Waals surface area contributed by atoms with E-state index in [1.54, 1.807) is 24.3 Å². The monoisotopic (exact) mass is 251 g/mol. The number of hydrogen-bond donors (Lipinski definition) is 1. The van der Waals surface area contributed by atoms with Crippen LogP contribution in [0.25, 0.3) is 0 Å². The third kappa shape index (κ3) is 4.27. The molecular formula is C13H15O5-. The van der Waals surface area contributed by atoms with Crippen LogP contribution in [0.1, 0.15) is 29.8 Å². The quantitative estimate of drug-likeness (QED) is 0.714. The Balaban J connectivity index is 2.74. The maximum Gasteiger partial charge on any atom is 0.193 e. The molecule has 1 aromatic carbocycles. The van der Waals surface area contributed by atoms with Crippen LogP contribution in [0.4, 0.5) is 0 Å². The predicted molar refractivity (Wildman–Crippen MR) is 61.7 cm³/mol. The first-order chi connectivity index (χ1) is 8.30. The topological polar surface area (TPSA) is 86.7 Å². The number of ether oxygens (including phenoxy) is 1. The molecule has 0 aliphatic heterocycles. The fraction of sp³-hybridized carbons (Fsp3) is 0.385. The molecular weight excluding hydrogens is 236 g/mol. The molecule has 0 atom stereocenters. The number of carbonyl (C=O) groups is 2. The number of aliphatic hydroxyl groups is 1. The van der Waals surface area contributed by atoms with Crippen LogP contribution in [0.15, 0.2) is 24.3 Å². The number of Topliss-reactive ketones (excluding diaryl/α,β-unsaturated/α-hetero) is 1. The van der Waals surface area contributed by atoms with Crippen LogP contribution >= 0.6 is 0 Å². The van der Waals surface area contributed by atoms with E-state index in [0.717, 1.165) is 0 Å². The highest BCUT2D eigenvalue weighted by Crippen LogP contribution is 2.14. The molecule has 5 heteroatoms. The highest BCUT2D eigenvalue weighted by molar-refractivity contribution is 6.01. The first kappa shape index (κ1) is 14.3. The minimum absolute atomic E-state index is 0.0704. The Morgan fingerprint density at radius 2 is 2.06 bits per heavy atom. The normalized spacial score (nSPS) is 11.3. The highest BCUT2D eigenvalue weighted by atomic mass is 16.5. The van der Waals surface area contributed by atoms with Gasteiger partial charge in [-0.25, -0.2) is 0 Å². The first-order valence-electron chi connectivity index (χ1n) is 5.44. The molecule has 5 nitrogen and oxygen atoms in total. The SMILES string of the molecule is CC(C)(O)C(=O)c1cccc(COCC(=O)[O-])c1. The van der Waals surface area contributed by atoms with Crippen LogP contribution in [0.2, 0.25) is 0 Å². The van der Waals surface area contributed by atoms with Gasteiger partial charge < -0.3 is 19.7 Å². The van der Waals surface area contributed by atoms with Gasteiger partial charge in [0.15, 0.2) is 5.78 Å². The molecule has 1 aromatic rings. The van der Waals surface area contributed by atoms with E-state index in [0.29, 0.717) is 11.1 Å². The minimum atomic E-state index is -1.44. The Morgan fingerprint density at radius 3 is 2.61 bits per heavy atom. The molecule has 0 unspecified atom stereocenters. The average molecular weight is 251 g/mol. The summed E-state index contributed by atoms with van der Waals surface area (Å²) in [5.74, 6) is -1.69. The van der Waals surface area contributed by atoms with Gasteiger partial charge in [-0.15, -0.1) is 0 Å². The van der Waals surface area contributed by atoms with Crippen molar-refractivity contribution in [3.63, 3.8) is 0 Å². The van der Waals surface area contributed by atoms with E-state index in [1.165, 1.54) is 13.8 Å². The standard InChI is InChI=1S/C13H16O5/c1-13(2,17)12(16)10-5-3-4-9(6-10)7-18-8-11(14)15/h3-6,17H,7-8H2,1-2H3,(H,14,15)/p-1. The Hall–Kier alpha value is -1.72. The van der Waals surface area contributed by atoms with Crippen molar-refractivity contribution in [2.45, 2.75) is 26.1 Å². The van der Waals surface area contributed by atoms with E-state index in [9.17, 15) is 19.8 Å². The third-order valence-electron chi connectivity index (χ3n) is 2.23. The molecule has 0 aliphatic rings. The van der Waals surface area contributed by atoms with Gasteiger partial charge in [0.2, 0.25) is 0 Å². The Morgan fingerprint density at radius 1 is 1.39 bits per heavy atom. The summed E-state index contributed by atoms with van der Waals surface area (Å²) in [7, 11) is 0. The fourth-order valence-electron chi connectivity index (χ4n) is 1.41. The number of carbonyl (C=O) groups excluding carboxylic acids is 2. The third-order valence-corrected chi connectivity index (χ3v) is 2.23. The minimum Gasteiger partial charge on any atom is -0.548 e. The molecule has 0 bridgehead atoms. The molecule has 0 amide bonds. The van der Waals surface area contributed by atoms with Gasteiger partial charge in [0.25, 0.3) is 0 Å². The first-order valence-corrected chi connectivity index (χ1v) is 5.44. The van der Waals surface area contributed by atoms with Crippen molar-refractivity contribution >= 4 is 11.8 Å². The summed E-state index contributed by atoms with van der Waals surface area (Å²) in [5.41, 5.74) is -0.423. The lowest BCUT2D eigenvalue weighted by Gasteiger charge is -2.16. The molecule has 0 radical (unpaired) electrons. The number of carboxylic acid groups (broad SMARTS) is 1. The van der Waals surface area contributed by atoms with E-state index in [4.69, 9.17) is 4.74 Å². The number of rotatable bonds is 6. The van der Waals surface area contributed by atoms with Crippen molar-refractivity contribution in [3.05, 3.63) is 35.4 Å². The number of benzene rings is 1. The van der Waals surface area contributed by atoms with Gasteiger partial charge >= 0.3 is 0 Å². The van der Waals surface area contributed by atoms with Crippen molar-refractivity contribution in [1.82, 2.24) is 0 Å².